The Labute approximate surface area is 172 Å². The summed E-state index contributed by atoms with van der Waals surface area (Å²) in [5.74, 6) is 7.04. The van der Waals surface area contributed by atoms with Crippen molar-refractivity contribution >= 4 is 5.97 Å². The summed E-state index contributed by atoms with van der Waals surface area (Å²) in [4.78, 5) is 19.7. The molecule has 0 saturated heterocycles. The summed E-state index contributed by atoms with van der Waals surface area (Å²) in [6, 6.07) is 4.35. The first kappa shape index (κ1) is 20.9. The molecule has 5 heteroatoms. The summed E-state index contributed by atoms with van der Waals surface area (Å²) < 4.78 is 11.0. The summed E-state index contributed by atoms with van der Waals surface area (Å²) in [6.07, 6.45) is 7.44. The number of carbonyl (C=O) groups excluding carboxylic acids is 1. The van der Waals surface area contributed by atoms with E-state index in [1.165, 1.54) is 5.56 Å². The third-order valence-electron chi connectivity index (χ3n) is 5.72. The Morgan fingerprint density at radius 2 is 1.90 bits per heavy atom. The zero-order valence-corrected chi connectivity index (χ0v) is 17.7. The van der Waals surface area contributed by atoms with Gasteiger partial charge in [0.15, 0.2) is 0 Å². The van der Waals surface area contributed by atoms with E-state index in [-0.39, 0.29) is 17.4 Å². The second-order valence-electron chi connectivity index (χ2n) is 7.48. The van der Waals surface area contributed by atoms with Gasteiger partial charge in [-0.1, -0.05) is 32.6 Å². The Kier molecular flexibility index (Phi) is 6.53. The third kappa shape index (κ3) is 4.59. The number of esters is 1. The molecule has 0 aliphatic carbocycles. The van der Waals surface area contributed by atoms with E-state index >= 15 is 0 Å². The van der Waals surface area contributed by atoms with Gasteiger partial charge in [-0.2, -0.15) is 0 Å². The Hall–Kier alpha value is -2.87. The molecule has 152 valence electrons. The summed E-state index contributed by atoms with van der Waals surface area (Å²) >= 11 is 0. The van der Waals surface area contributed by atoms with Crippen molar-refractivity contribution in [2.24, 2.45) is 0 Å². The molecule has 0 bridgehead atoms. The fraction of sp³-hybridized carbons (Fsp3) is 0.458. The van der Waals surface area contributed by atoms with Gasteiger partial charge in [-0.3, -0.25) is 4.79 Å². The number of carbonyl (C=O) groups is 1. The van der Waals surface area contributed by atoms with E-state index in [1.54, 1.807) is 12.4 Å². The van der Waals surface area contributed by atoms with Crippen LogP contribution in [0.3, 0.4) is 0 Å². The average Bonchev–Trinajstić information content (AvgIpc) is 2.73. The number of hydrogen-bond acceptors (Lipinski definition) is 5. The van der Waals surface area contributed by atoms with Crippen molar-refractivity contribution in [2.75, 3.05) is 6.61 Å². The minimum atomic E-state index is -0.325. The highest BCUT2D eigenvalue weighted by Crippen LogP contribution is 2.44. The van der Waals surface area contributed by atoms with E-state index in [4.69, 9.17) is 9.47 Å². The van der Waals surface area contributed by atoms with Crippen molar-refractivity contribution in [2.45, 2.75) is 65.2 Å². The van der Waals surface area contributed by atoms with Gasteiger partial charge in [0, 0.05) is 35.4 Å². The van der Waals surface area contributed by atoms with Gasteiger partial charge in [0.1, 0.15) is 5.75 Å². The minimum Gasteiger partial charge on any atom is -0.493 e. The molecule has 0 radical (unpaired) electrons. The maximum Gasteiger partial charge on any atom is 0.324 e. The number of ether oxygens (including phenoxy) is 2. The zero-order chi connectivity index (χ0) is 20.9. The van der Waals surface area contributed by atoms with E-state index < -0.39 is 0 Å². The van der Waals surface area contributed by atoms with Gasteiger partial charge in [-0.15, -0.1) is 0 Å². The highest BCUT2D eigenvalue weighted by Gasteiger charge is 2.35. The van der Waals surface area contributed by atoms with Crippen LogP contribution in [0.5, 0.6) is 11.8 Å². The molecule has 0 fully saturated rings. The van der Waals surface area contributed by atoms with Crippen molar-refractivity contribution in [3.63, 3.8) is 0 Å². The molecule has 0 unspecified atom stereocenters. The predicted octanol–water partition coefficient (Wildman–Crippen LogP) is 4.73. The number of aryl methyl sites for hydroxylation is 1. The first-order valence-corrected chi connectivity index (χ1v) is 10.3. The van der Waals surface area contributed by atoms with Gasteiger partial charge in [0.25, 0.3) is 0 Å². The van der Waals surface area contributed by atoms with Crippen LogP contribution in [0.4, 0.5) is 0 Å². The molecule has 2 heterocycles. The number of hydrogen-bond donors (Lipinski definition) is 0. The van der Waals surface area contributed by atoms with Crippen LogP contribution in [0.1, 0.15) is 75.1 Å². The van der Waals surface area contributed by atoms with E-state index in [2.05, 4.69) is 54.7 Å². The maximum absolute atomic E-state index is 11.5. The summed E-state index contributed by atoms with van der Waals surface area (Å²) in [5.41, 5.74) is 4.17. The molecule has 3 rings (SSSR count). The normalized spacial score (nSPS) is 14.2. The molecule has 5 nitrogen and oxygen atoms in total. The number of benzene rings is 1. The van der Waals surface area contributed by atoms with Gasteiger partial charge >= 0.3 is 12.0 Å². The molecule has 29 heavy (non-hydrogen) atoms. The summed E-state index contributed by atoms with van der Waals surface area (Å²) in [5, 5.41) is 0. The van der Waals surface area contributed by atoms with E-state index in [1.807, 2.05) is 6.92 Å². The first-order chi connectivity index (χ1) is 14.0. The molecule has 0 N–H and O–H groups in total. The lowest BCUT2D eigenvalue weighted by atomic mass is 9.71. The Morgan fingerprint density at radius 1 is 1.17 bits per heavy atom. The van der Waals surface area contributed by atoms with Crippen LogP contribution >= 0.6 is 0 Å². The standard InChI is InChI=1S/C24H28N2O3/c1-5-8-22(27)29-23-25-15-18(16-26-23)9-10-19-14-20-21(13-17(19)4)28-12-11-24(20,6-2)7-3/h13-16H,5-8,11-12H2,1-4H3. The third-order valence-corrected chi connectivity index (χ3v) is 5.72. The van der Waals surface area contributed by atoms with Crippen molar-refractivity contribution in [1.82, 2.24) is 9.97 Å². The van der Waals surface area contributed by atoms with Crippen LogP contribution in [-0.2, 0) is 10.2 Å². The predicted molar refractivity (Wildman–Crippen MR) is 112 cm³/mol. The second kappa shape index (κ2) is 9.09. The largest absolute Gasteiger partial charge is 0.493 e. The Morgan fingerprint density at radius 3 is 2.55 bits per heavy atom. The quantitative estimate of drug-likeness (QED) is 0.544. The lowest BCUT2D eigenvalue weighted by molar-refractivity contribution is -0.134. The molecular formula is C24H28N2O3. The van der Waals surface area contributed by atoms with Crippen LogP contribution in [-0.4, -0.2) is 22.5 Å². The van der Waals surface area contributed by atoms with E-state index in [0.29, 0.717) is 12.0 Å². The number of nitrogens with zero attached hydrogens (tertiary/aromatic N) is 2. The molecular weight excluding hydrogens is 364 g/mol. The zero-order valence-electron chi connectivity index (χ0n) is 17.7. The number of aromatic nitrogens is 2. The molecule has 1 aromatic heterocycles. The van der Waals surface area contributed by atoms with Gasteiger partial charge in [-0.05, 0) is 50.3 Å². The minimum absolute atomic E-state index is 0.0618. The first-order valence-electron chi connectivity index (χ1n) is 10.3. The second-order valence-corrected chi connectivity index (χ2v) is 7.48. The molecule has 1 aromatic carbocycles. The molecule has 1 aliphatic rings. The SMILES string of the molecule is CCCC(=O)Oc1ncc(C#Cc2cc3c(cc2C)OCCC3(CC)CC)cn1. The molecule has 1 aliphatic heterocycles. The highest BCUT2D eigenvalue weighted by atomic mass is 16.5. The van der Waals surface area contributed by atoms with Crippen LogP contribution < -0.4 is 9.47 Å². The number of fused-ring (bicyclic) bond motifs is 1. The number of rotatable bonds is 5. The topological polar surface area (TPSA) is 61.3 Å². The smallest absolute Gasteiger partial charge is 0.324 e. The highest BCUT2D eigenvalue weighted by molar-refractivity contribution is 5.71. The van der Waals surface area contributed by atoms with Crippen molar-refractivity contribution in [3.8, 4) is 23.6 Å². The monoisotopic (exact) mass is 392 g/mol. The molecule has 0 saturated carbocycles. The van der Waals surface area contributed by atoms with Gasteiger partial charge in [-0.25, -0.2) is 9.97 Å². The fourth-order valence-corrected chi connectivity index (χ4v) is 3.76. The van der Waals surface area contributed by atoms with Gasteiger partial charge < -0.3 is 9.47 Å². The van der Waals surface area contributed by atoms with E-state index in [0.717, 1.165) is 49.2 Å². The molecule has 0 spiro atoms. The van der Waals surface area contributed by atoms with Crippen LogP contribution in [0.25, 0.3) is 0 Å². The van der Waals surface area contributed by atoms with Gasteiger partial charge in [0.2, 0.25) is 0 Å². The molecule has 0 atom stereocenters. The van der Waals surface area contributed by atoms with Crippen molar-refractivity contribution in [1.29, 1.82) is 0 Å². The Balaban J connectivity index is 1.85. The molecule has 2 aromatic rings. The van der Waals surface area contributed by atoms with Crippen LogP contribution in [0.2, 0.25) is 0 Å². The molecule has 0 amide bonds. The maximum atomic E-state index is 11.5. The van der Waals surface area contributed by atoms with Crippen molar-refractivity contribution < 1.29 is 14.3 Å². The van der Waals surface area contributed by atoms with E-state index in [9.17, 15) is 4.79 Å². The lowest BCUT2D eigenvalue weighted by Crippen LogP contribution is -2.32. The summed E-state index contributed by atoms with van der Waals surface area (Å²) in [6.45, 7) is 9.23. The van der Waals surface area contributed by atoms with Crippen molar-refractivity contribution in [3.05, 3.63) is 46.8 Å². The lowest BCUT2D eigenvalue weighted by Gasteiger charge is -2.38. The fourth-order valence-electron chi connectivity index (χ4n) is 3.76. The summed E-state index contributed by atoms with van der Waals surface area (Å²) in [7, 11) is 0. The van der Waals surface area contributed by atoms with Gasteiger partial charge in [0.05, 0.1) is 12.2 Å². The Bertz CT molecular complexity index is 935. The van der Waals surface area contributed by atoms with Crippen LogP contribution in [0.15, 0.2) is 24.5 Å². The van der Waals surface area contributed by atoms with Crippen LogP contribution in [0, 0.1) is 18.8 Å². The average molecular weight is 392 g/mol.